The topological polar surface area (TPSA) is 59.8 Å². The average molecular weight is 256 g/mol. The smallest absolute Gasteiger partial charge is 0.227 e. The number of benzene rings is 1. The van der Waals surface area contributed by atoms with Gasteiger partial charge in [-0.25, -0.2) is 0 Å². The van der Waals surface area contributed by atoms with Crippen LogP contribution < -0.4 is 5.32 Å². The maximum atomic E-state index is 11.9. The van der Waals surface area contributed by atoms with E-state index in [1.807, 2.05) is 35.9 Å². The fourth-order valence-corrected chi connectivity index (χ4v) is 2.20. The minimum atomic E-state index is 0.114. The van der Waals surface area contributed by atoms with E-state index in [0.717, 1.165) is 23.5 Å². The van der Waals surface area contributed by atoms with Gasteiger partial charge in [0.15, 0.2) is 5.82 Å². The van der Waals surface area contributed by atoms with Crippen LogP contribution in [0.2, 0.25) is 0 Å². The van der Waals surface area contributed by atoms with Crippen molar-refractivity contribution in [2.75, 3.05) is 5.32 Å². The van der Waals surface area contributed by atoms with Crippen molar-refractivity contribution in [3.05, 3.63) is 30.6 Å². The number of hydrogen-bond donors (Lipinski definition) is 1. The molecule has 0 radical (unpaired) electrons. The normalized spacial score (nSPS) is 21.2. The Balaban J connectivity index is 1.80. The molecule has 1 aromatic heterocycles. The number of aromatic nitrogens is 3. The molecular weight excluding hydrogens is 240 g/mol. The molecule has 2 aromatic rings. The lowest BCUT2D eigenvalue weighted by molar-refractivity contribution is -0.117. The van der Waals surface area contributed by atoms with Gasteiger partial charge >= 0.3 is 0 Å². The molecule has 1 fully saturated rings. The zero-order valence-electron chi connectivity index (χ0n) is 11.0. The molecule has 1 N–H and O–H groups in total. The van der Waals surface area contributed by atoms with Crippen molar-refractivity contribution in [3.8, 4) is 11.4 Å². The summed E-state index contributed by atoms with van der Waals surface area (Å²) in [7, 11) is 1.90. The fraction of sp³-hybridized carbons (Fsp3) is 0.357. The number of carbonyl (C=O) groups is 1. The first-order chi connectivity index (χ1) is 9.15. The summed E-state index contributed by atoms with van der Waals surface area (Å²) in [5.74, 6) is 1.60. The molecule has 1 aliphatic rings. The number of hydrogen-bond acceptors (Lipinski definition) is 3. The van der Waals surface area contributed by atoms with Crippen LogP contribution in [-0.2, 0) is 11.8 Å². The number of rotatable bonds is 3. The lowest BCUT2D eigenvalue weighted by Crippen LogP contribution is -2.14. The van der Waals surface area contributed by atoms with Crippen molar-refractivity contribution in [1.29, 1.82) is 0 Å². The minimum absolute atomic E-state index is 0.114. The second-order valence-electron chi connectivity index (χ2n) is 5.15. The van der Waals surface area contributed by atoms with E-state index in [1.54, 1.807) is 6.33 Å². The molecule has 19 heavy (non-hydrogen) atoms. The second-order valence-corrected chi connectivity index (χ2v) is 5.15. The lowest BCUT2D eigenvalue weighted by atomic mass is 10.2. The van der Waals surface area contributed by atoms with Crippen LogP contribution in [0.1, 0.15) is 13.3 Å². The monoisotopic (exact) mass is 256 g/mol. The highest BCUT2D eigenvalue weighted by Crippen LogP contribution is 2.38. The summed E-state index contributed by atoms with van der Waals surface area (Å²) in [4.78, 5) is 11.9. The van der Waals surface area contributed by atoms with E-state index >= 15 is 0 Å². The van der Waals surface area contributed by atoms with Gasteiger partial charge in [-0.2, -0.15) is 0 Å². The molecular formula is C14H16N4O. The first-order valence-electron chi connectivity index (χ1n) is 6.40. The Morgan fingerprint density at radius 1 is 1.47 bits per heavy atom. The molecule has 0 spiro atoms. The van der Waals surface area contributed by atoms with Gasteiger partial charge in [-0.1, -0.05) is 19.1 Å². The Labute approximate surface area is 111 Å². The highest BCUT2D eigenvalue weighted by atomic mass is 16.2. The fourth-order valence-electron chi connectivity index (χ4n) is 2.20. The van der Waals surface area contributed by atoms with Gasteiger partial charge in [0, 0.05) is 24.2 Å². The van der Waals surface area contributed by atoms with Gasteiger partial charge in [0.1, 0.15) is 6.33 Å². The number of aryl methyl sites for hydroxylation is 1. The Bertz CT molecular complexity index is 619. The first kappa shape index (κ1) is 11.9. The van der Waals surface area contributed by atoms with Gasteiger partial charge in [0.25, 0.3) is 0 Å². The minimum Gasteiger partial charge on any atom is -0.326 e. The van der Waals surface area contributed by atoms with Crippen molar-refractivity contribution in [3.63, 3.8) is 0 Å². The molecule has 5 heteroatoms. The Kier molecular flexibility index (Phi) is 2.81. The van der Waals surface area contributed by atoms with Crippen molar-refractivity contribution in [2.45, 2.75) is 13.3 Å². The summed E-state index contributed by atoms with van der Waals surface area (Å²) in [6.45, 7) is 2.10. The van der Waals surface area contributed by atoms with E-state index in [-0.39, 0.29) is 11.8 Å². The summed E-state index contributed by atoms with van der Waals surface area (Å²) in [5, 5.41) is 10.9. The van der Waals surface area contributed by atoms with Crippen molar-refractivity contribution in [2.24, 2.45) is 18.9 Å². The Morgan fingerprint density at radius 2 is 2.26 bits per heavy atom. The lowest BCUT2D eigenvalue weighted by Gasteiger charge is -2.06. The highest BCUT2D eigenvalue weighted by molar-refractivity contribution is 5.94. The molecule has 1 saturated carbocycles. The Hall–Kier alpha value is -2.17. The van der Waals surface area contributed by atoms with E-state index in [0.29, 0.717) is 5.92 Å². The van der Waals surface area contributed by atoms with Gasteiger partial charge in [0.2, 0.25) is 5.91 Å². The van der Waals surface area contributed by atoms with E-state index < -0.39 is 0 Å². The molecule has 1 aromatic carbocycles. The third kappa shape index (κ3) is 2.36. The van der Waals surface area contributed by atoms with Gasteiger partial charge in [0.05, 0.1) is 0 Å². The molecule has 2 unspecified atom stereocenters. The predicted molar refractivity (Wildman–Crippen MR) is 72.3 cm³/mol. The maximum absolute atomic E-state index is 11.9. The molecule has 5 nitrogen and oxygen atoms in total. The summed E-state index contributed by atoms with van der Waals surface area (Å²) >= 11 is 0. The molecule has 1 heterocycles. The molecule has 1 aliphatic carbocycles. The van der Waals surface area contributed by atoms with Gasteiger partial charge in [-0.05, 0) is 24.5 Å². The van der Waals surface area contributed by atoms with Crippen LogP contribution in [0, 0.1) is 11.8 Å². The first-order valence-corrected chi connectivity index (χ1v) is 6.40. The van der Waals surface area contributed by atoms with Gasteiger partial charge in [-0.3, -0.25) is 4.79 Å². The summed E-state index contributed by atoms with van der Waals surface area (Å²) < 4.78 is 1.85. The number of nitrogens with zero attached hydrogens (tertiary/aromatic N) is 3. The second kappa shape index (κ2) is 4.50. The number of nitrogens with one attached hydrogen (secondary N) is 1. The summed E-state index contributed by atoms with van der Waals surface area (Å²) in [6, 6.07) is 7.69. The van der Waals surface area contributed by atoms with Crippen LogP contribution in [0.15, 0.2) is 30.6 Å². The van der Waals surface area contributed by atoms with Crippen molar-refractivity contribution < 1.29 is 4.79 Å². The van der Waals surface area contributed by atoms with Crippen LogP contribution in [0.3, 0.4) is 0 Å². The zero-order valence-corrected chi connectivity index (χ0v) is 11.0. The van der Waals surface area contributed by atoms with Gasteiger partial charge < -0.3 is 9.88 Å². The predicted octanol–water partition coefficient (Wildman–Crippen LogP) is 2.08. The third-order valence-corrected chi connectivity index (χ3v) is 3.55. The van der Waals surface area contributed by atoms with Crippen LogP contribution in [-0.4, -0.2) is 20.7 Å². The van der Waals surface area contributed by atoms with Crippen molar-refractivity contribution >= 4 is 11.6 Å². The third-order valence-electron chi connectivity index (χ3n) is 3.55. The number of carbonyl (C=O) groups excluding carboxylic acids is 1. The number of amides is 1. The highest BCUT2D eigenvalue weighted by Gasteiger charge is 2.39. The Morgan fingerprint density at radius 3 is 2.89 bits per heavy atom. The average Bonchev–Trinajstić information content (AvgIpc) is 2.96. The molecule has 0 aliphatic heterocycles. The molecule has 3 rings (SSSR count). The van der Waals surface area contributed by atoms with E-state index in [2.05, 4.69) is 22.4 Å². The molecule has 0 saturated heterocycles. The van der Waals surface area contributed by atoms with E-state index in [4.69, 9.17) is 0 Å². The number of anilines is 1. The van der Waals surface area contributed by atoms with Crippen LogP contribution in [0.25, 0.3) is 11.4 Å². The maximum Gasteiger partial charge on any atom is 0.227 e. The molecule has 1 amide bonds. The standard InChI is InChI=1S/C14H16N4O/c1-9-6-12(9)14(19)16-11-5-3-4-10(7-11)13-17-15-8-18(13)2/h3-5,7-9,12H,6H2,1-2H3,(H,16,19). The van der Waals surface area contributed by atoms with E-state index in [1.165, 1.54) is 0 Å². The van der Waals surface area contributed by atoms with Gasteiger partial charge in [-0.15, -0.1) is 10.2 Å². The molecule has 98 valence electrons. The zero-order chi connectivity index (χ0) is 13.4. The van der Waals surface area contributed by atoms with Crippen LogP contribution in [0.5, 0.6) is 0 Å². The largest absolute Gasteiger partial charge is 0.326 e. The van der Waals surface area contributed by atoms with Crippen molar-refractivity contribution in [1.82, 2.24) is 14.8 Å². The summed E-state index contributed by atoms with van der Waals surface area (Å²) in [5.41, 5.74) is 1.76. The summed E-state index contributed by atoms with van der Waals surface area (Å²) in [6.07, 6.45) is 2.65. The van der Waals surface area contributed by atoms with Crippen LogP contribution in [0.4, 0.5) is 5.69 Å². The van der Waals surface area contributed by atoms with Crippen LogP contribution >= 0.6 is 0 Å². The SMILES string of the molecule is CC1CC1C(=O)Nc1cccc(-c2nncn2C)c1. The quantitative estimate of drug-likeness (QED) is 0.914. The molecule has 0 bridgehead atoms. The van der Waals surface area contributed by atoms with E-state index in [9.17, 15) is 4.79 Å². The molecule has 2 atom stereocenters.